The van der Waals surface area contributed by atoms with Crippen molar-refractivity contribution in [2.24, 2.45) is 0 Å². The lowest BCUT2D eigenvalue weighted by molar-refractivity contribution is 0.182. The van der Waals surface area contributed by atoms with Crippen molar-refractivity contribution >= 4 is 15.9 Å². The number of hydrogen-bond acceptors (Lipinski definition) is 3. The van der Waals surface area contributed by atoms with Crippen molar-refractivity contribution in [2.45, 2.75) is 39.3 Å². The van der Waals surface area contributed by atoms with Gasteiger partial charge in [-0.2, -0.15) is 5.10 Å². The van der Waals surface area contributed by atoms with Gasteiger partial charge in [-0.25, -0.2) is 0 Å². The molecule has 0 aliphatic heterocycles. The van der Waals surface area contributed by atoms with E-state index in [9.17, 15) is 0 Å². The van der Waals surface area contributed by atoms with E-state index < -0.39 is 0 Å². The third kappa shape index (κ3) is 4.77. The second-order valence-corrected chi connectivity index (χ2v) is 5.01. The van der Waals surface area contributed by atoms with E-state index in [1.165, 1.54) is 5.69 Å². The maximum Gasteiger partial charge on any atom is 0.0658 e. The summed E-state index contributed by atoms with van der Waals surface area (Å²) in [6.45, 7) is 6.88. The van der Waals surface area contributed by atoms with Crippen LogP contribution >= 0.6 is 15.9 Å². The van der Waals surface area contributed by atoms with Crippen LogP contribution < -0.4 is 5.32 Å². The molecule has 0 bridgehead atoms. The van der Waals surface area contributed by atoms with Crippen LogP contribution in [0, 0.1) is 0 Å². The highest BCUT2D eigenvalue weighted by atomic mass is 79.9. The first-order valence-corrected chi connectivity index (χ1v) is 6.90. The highest BCUT2D eigenvalue weighted by molar-refractivity contribution is 9.10. The zero-order valence-corrected chi connectivity index (χ0v) is 12.5. The Morgan fingerprint density at radius 2 is 2.35 bits per heavy atom. The van der Waals surface area contributed by atoms with Crippen molar-refractivity contribution in [1.82, 2.24) is 15.1 Å². The number of rotatable bonds is 8. The van der Waals surface area contributed by atoms with Crippen LogP contribution in [0.1, 0.15) is 26.0 Å². The normalized spacial score (nSPS) is 12.9. The molecule has 0 radical (unpaired) electrons. The molecule has 1 rings (SSSR count). The average Bonchev–Trinajstić information content (AvgIpc) is 2.65. The van der Waals surface area contributed by atoms with Gasteiger partial charge in [0.25, 0.3) is 0 Å². The summed E-state index contributed by atoms with van der Waals surface area (Å²) < 4.78 is 8.20. The maximum atomic E-state index is 5.09. The predicted molar refractivity (Wildman–Crippen MR) is 73.3 cm³/mol. The average molecular weight is 304 g/mol. The second kappa shape index (κ2) is 7.84. The number of nitrogens with one attached hydrogen (secondary N) is 1. The molecule has 0 amide bonds. The molecule has 1 aromatic rings. The predicted octanol–water partition coefficient (Wildman–Crippen LogP) is 2.22. The fourth-order valence-corrected chi connectivity index (χ4v) is 2.31. The van der Waals surface area contributed by atoms with Gasteiger partial charge in [0.15, 0.2) is 0 Å². The van der Waals surface area contributed by atoms with Crippen LogP contribution in [0.25, 0.3) is 0 Å². The first kappa shape index (κ1) is 14.7. The SMILES string of the molecule is CCNC(C)CCc1c(Br)cnn1CCOC. The van der Waals surface area contributed by atoms with Crippen molar-refractivity contribution in [1.29, 1.82) is 0 Å². The molecule has 0 saturated carbocycles. The molecule has 0 aliphatic rings. The number of halogens is 1. The van der Waals surface area contributed by atoms with Gasteiger partial charge >= 0.3 is 0 Å². The van der Waals surface area contributed by atoms with Gasteiger partial charge in [0.2, 0.25) is 0 Å². The van der Waals surface area contributed by atoms with E-state index in [0.717, 1.165) is 30.4 Å². The van der Waals surface area contributed by atoms with E-state index in [-0.39, 0.29) is 0 Å². The summed E-state index contributed by atoms with van der Waals surface area (Å²) in [4.78, 5) is 0. The highest BCUT2D eigenvalue weighted by Gasteiger charge is 2.10. The lowest BCUT2D eigenvalue weighted by Gasteiger charge is -2.13. The van der Waals surface area contributed by atoms with Crippen molar-refractivity contribution < 1.29 is 4.74 Å². The molecule has 5 heteroatoms. The molecule has 0 spiro atoms. The molecular formula is C12H22BrN3O. The van der Waals surface area contributed by atoms with Crippen LogP contribution in [0.2, 0.25) is 0 Å². The second-order valence-electron chi connectivity index (χ2n) is 4.15. The Balaban J connectivity index is 2.53. The summed E-state index contributed by atoms with van der Waals surface area (Å²) in [6.07, 6.45) is 4.01. The molecule has 0 aliphatic carbocycles. The lowest BCUT2D eigenvalue weighted by atomic mass is 10.1. The van der Waals surface area contributed by atoms with Crippen LogP contribution in [-0.2, 0) is 17.7 Å². The molecule has 1 unspecified atom stereocenters. The number of ether oxygens (including phenoxy) is 1. The van der Waals surface area contributed by atoms with Crippen LogP contribution in [0.4, 0.5) is 0 Å². The first-order chi connectivity index (χ1) is 8.19. The Morgan fingerprint density at radius 3 is 3.00 bits per heavy atom. The maximum absolute atomic E-state index is 5.09. The van der Waals surface area contributed by atoms with E-state index in [2.05, 4.69) is 40.2 Å². The van der Waals surface area contributed by atoms with Gasteiger partial charge in [0.05, 0.1) is 29.5 Å². The largest absolute Gasteiger partial charge is 0.383 e. The third-order valence-corrected chi connectivity index (χ3v) is 3.43. The fraction of sp³-hybridized carbons (Fsp3) is 0.750. The minimum atomic E-state index is 0.540. The zero-order valence-electron chi connectivity index (χ0n) is 10.9. The number of aromatic nitrogens is 2. The van der Waals surface area contributed by atoms with Crippen molar-refractivity contribution in [3.05, 3.63) is 16.4 Å². The molecule has 0 aromatic carbocycles. The molecule has 17 heavy (non-hydrogen) atoms. The van der Waals surface area contributed by atoms with Crippen molar-refractivity contribution in [3.8, 4) is 0 Å². The van der Waals surface area contributed by atoms with Crippen LogP contribution in [0.15, 0.2) is 10.7 Å². The van der Waals surface area contributed by atoms with E-state index >= 15 is 0 Å². The molecular weight excluding hydrogens is 282 g/mol. The Kier molecular flexibility index (Phi) is 6.77. The fourth-order valence-electron chi connectivity index (χ4n) is 1.81. The quantitative estimate of drug-likeness (QED) is 0.800. The van der Waals surface area contributed by atoms with Gasteiger partial charge in [-0.3, -0.25) is 4.68 Å². The van der Waals surface area contributed by atoms with Gasteiger partial charge in [-0.05, 0) is 42.2 Å². The third-order valence-electron chi connectivity index (χ3n) is 2.77. The molecule has 0 saturated heterocycles. The number of methoxy groups -OCH3 is 1. The van der Waals surface area contributed by atoms with E-state index in [1.54, 1.807) is 7.11 Å². The Labute approximate surface area is 112 Å². The molecule has 1 aromatic heterocycles. The highest BCUT2D eigenvalue weighted by Crippen LogP contribution is 2.18. The smallest absolute Gasteiger partial charge is 0.0658 e. The van der Waals surface area contributed by atoms with E-state index in [1.807, 2.05) is 10.9 Å². The zero-order chi connectivity index (χ0) is 12.7. The summed E-state index contributed by atoms with van der Waals surface area (Å²) in [6, 6.07) is 0.540. The number of hydrogen-bond donors (Lipinski definition) is 1. The monoisotopic (exact) mass is 303 g/mol. The summed E-state index contributed by atoms with van der Waals surface area (Å²) in [5.41, 5.74) is 1.26. The van der Waals surface area contributed by atoms with Gasteiger partial charge in [0, 0.05) is 13.2 Å². The van der Waals surface area contributed by atoms with Crippen molar-refractivity contribution in [2.75, 3.05) is 20.3 Å². The molecule has 1 atom stereocenters. The van der Waals surface area contributed by atoms with E-state index in [0.29, 0.717) is 12.6 Å². The van der Waals surface area contributed by atoms with Gasteiger partial charge < -0.3 is 10.1 Å². The summed E-state index contributed by atoms with van der Waals surface area (Å²) in [5.74, 6) is 0. The number of nitrogens with zero attached hydrogens (tertiary/aromatic N) is 2. The van der Waals surface area contributed by atoms with Gasteiger partial charge in [-0.1, -0.05) is 6.92 Å². The minimum absolute atomic E-state index is 0.540. The van der Waals surface area contributed by atoms with E-state index in [4.69, 9.17) is 4.74 Å². The van der Waals surface area contributed by atoms with Crippen molar-refractivity contribution in [3.63, 3.8) is 0 Å². The molecule has 1 N–H and O–H groups in total. The molecule has 98 valence electrons. The Bertz CT molecular complexity index is 328. The topological polar surface area (TPSA) is 39.1 Å². The van der Waals surface area contributed by atoms with Crippen LogP contribution in [0.3, 0.4) is 0 Å². The Morgan fingerprint density at radius 1 is 1.59 bits per heavy atom. The first-order valence-electron chi connectivity index (χ1n) is 6.11. The lowest BCUT2D eigenvalue weighted by Crippen LogP contribution is -2.26. The Hall–Kier alpha value is -0.390. The minimum Gasteiger partial charge on any atom is -0.383 e. The molecule has 4 nitrogen and oxygen atoms in total. The van der Waals surface area contributed by atoms with Gasteiger partial charge in [0.1, 0.15) is 0 Å². The summed E-state index contributed by atoms with van der Waals surface area (Å²) in [5, 5.41) is 7.77. The summed E-state index contributed by atoms with van der Waals surface area (Å²) >= 11 is 3.55. The standard InChI is InChI=1S/C12H22BrN3O/c1-4-14-10(2)5-6-12-11(13)9-15-16(12)7-8-17-3/h9-10,14H,4-8H2,1-3H3. The van der Waals surface area contributed by atoms with Crippen LogP contribution in [0.5, 0.6) is 0 Å². The van der Waals surface area contributed by atoms with Gasteiger partial charge in [-0.15, -0.1) is 0 Å². The summed E-state index contributed by atoms with van der Waals surface area (Å²) in [7, 11) is 1.71. The molecule has 0 fully saturated rings. The van der Waals surface area contributed by atoms with Crippen LogP contribution in [-0.4, -0.2) is 36.1 Å². The molecule has 1 heterocycles.